The van der Waals surface area contributed by atoms with Crippen LogP contribution in [0.5, 0.6) is 0 Å². The lowest BCUT2D eigenvalue weighted by Gasteiger charge is -2.25. The van der Waals surface area contributed by atoms with Crippen molar-refractivity contribution in [3.63, 3.8) is 0 Å². The fourth-order valence-corrected chi connectivity index (χ4v) is 4.31. The van der Waals surface area contributed by atoms with Gasteiger partial charge in [-0.05, 0) is 74.8 Å². The van der Waals surface area contributed by atoms with E-state index in [1.54, 1.807) is 0 Å². The molecule has 3 nitrogen and oxygen atoms in total. The van der Waals surface area contributed by atoms with E-state index < -0.39 is 0 Å². The maximum absolute atomic E-state index is 12.4. The van der Waals surface area contributed by atoms with E-state index in [1.165, 1.54) is 46.1 Å². The third-order valence-electron chi connectivity index (χ3n) is 5.87. The Morgan fingerprint density at radius 3 is 2.65 bits per heavy atom. The number of benzene rings is 1. The first kappa shape index (κ1) is 14.8. The van der Waals surface area contributed by atoms with E-state index in [9.17, 15) is 4.79 Å². The smallest absolute Gasteiger partial charge is 0.223 e. The summed E-state index contributed by atoms with van der Waals surface area (Å²) in [6.07, 6.45) is 7.65. The average molecular weight is 310 g/mol. The van der Waals surface area contributed by atoms with Gasteiger partial charge >= 0.3 is 0 Å². The number of amides is 1. The van der Waals surface area contributed by atoms with Gasteiger partial charge in [0.2, 0.25) is 5.91 Å². The van der Waals surface area contributed by atoms with Gasteiger partial charge in [0.25, 0.3) is 0 Å². The molecular formula is C20H26N2O. The molecule has 1 amide bonds. The predicted molar refractivity (Wildman–Crippen MR) is 93.7 cm³/mol. The quantitative estimate of drug-likeness (QED) is 0.867. The zero-order valence-electron chi connectivity index (χ0n) is 14.2. The van der Waals surface area contributed by atoms with E-state index in [2.05, 4.69) is 36.3 Å². The SMILES string of the molecule is Cc1cc2[nH]c3c(c2cc1C)CC(NC(=O)C1CCCC1)CC3. The highest BCUT2D eigenvalue weighted by molar-refractivity contribution is 5.87. The molecule has 0 bridgehead atoms. The van der Waals surface area contributed by atoms with Gasteiger partial charge in [0, 0.05) is 28.6 Å². The van der Waals surface area contributed by atoms with Crippen LogP contribution in [0, 0.1) is 19.8 Å². The summed E-state index contributed by atoms with van der Waals surface area (Å²) in [5, 5.41) is 4.68. The van der Waals surface area contributed by atoms with Gasteiger partial charge in [0.15, 0.2) is 0 Å². The molecule has 1 aromatic heterocycles. The Labute approximate surface area is 137 Å². The number of carbonyl (C=O) groups excluding carboxylic acids is 1. The van der Waals surface area contributed by atoms with E-state index in [-0.39, 0.29) is 5.92 Å². The minimum atomic E-state index is 0.268. The van der Waals surface area contributed by atoms with Crippen LogP contribution in [-0.2, 0) is 17.6 Å². The average Bonchev–Trinajstić information content (AvgIpc) is 3.16. The minimum absolute atomic E-state index is 0.268. The highest BCUT2D eigenvalue weighted by Gasteiger charge is 2.28. The molecule has 2 aliphatic carbocycles. The number of hydrogen-bond acceptors (Lipinski definition) is 1. The molecule has 2 N–H and O–H groups in total. The lowest BCUT2D eigenvalue weighted by molar-refractivity contribution is -0.125. The third kappa shape index (κ3) is 2.66. The maximum atomic E-state index is 12.4. The standard InChI is InChI=1S/C20H26N2O/c1-12-9-16-17-11-15(21-20(23)14-5-3-4-6-14)7-8-18(17)22-19(16)10-13(12)2/h9-10,14-15,22H,3-8,11H2,1-2H3,(H,21,23). The van der Waals surface area contributed by atoms with Crippen molar-refractivity contribution in [3.05, 3.63) is 34.5 Å². The summed E-state index contributed by atoms with van der Waals surface area (Å²) in [6, 6.07) is 4.87. The largest absolute Gasteiger partial charge is 0.358 e. The first-order chi connectivity index (χ1) is 11.1. The fourth-order valence-electron chi connectivity index (χ4n) is 4.31. The van der Waals surface area contributed by atoms with Crippen molar-refractivity contribution < 1.29 is 4.79 Å². The van der Waals surface area contributed by atoms with Crippen LogP contribution < -0.4 is 5.32 Å². The molecule has 23 heavy (non-hydrogen) atoms. The van der Waals surface area contributed by atoms with Crippen molar-refractivity contribution >= 4 is 16.8 Å². The zero-order valence-corrected chi connectivity index (χ0v) is 14.2. The van der Waals surface area contributed by atoms with Crippen LogP contribution in [-0.4, -0.2) is 16.9 Å². The van der Waals surface area contributed by atoms with Crippen LogP contribution in [0.1, 0.15) is 54.5 Å². The lowest BCUT2D eigenvalue weighted by Crippen LogP contribution is -2.41. The number of rotatable bonds is 2. The number of H-pyrrole nitrogens is 1. The van der Waals surface area contributed by atoms with Crippen molar-refractivity contribution in [3.8, 4) is 0 Å². The number of aromatic amines is 1. The summed E-state index contributed by atoms with van der Waals surface area (Å²) < 4.78 is 0. The van der Waals surface area contributed by atoms with Crippen molar-refractivity contribution in [2.75, 3.05) is 0 Å². The highest BCUT2D eigenvalue weighted by atomic mass is 16.1. The number of aromatic nitrogens is 1. The molecule has 0 spiro atoms. The van der Waals surface area contributed by atoms with Crippen LogP contribution in [0.3, 0.4) is 0 Å². The van der Waals surface area contributed by atoms with Gasteiger partial charge in [-0.1, -0.05) is 12.8 Å². The summed E-state index contributed by atoms with van der Waals surface area (Å²) in [4.78, 5) is 16.0. The summed E-state index contributed by atoms with van der Waals surface area (Å²) >= 11 is 0. The fraction of sp³-hybridized carbons (Fsp3) is 0.550. The van der Waals surface area contributed by atoms with Crippen molar-refractivity contribution in [1.29, 1.82) is 0 Å². The Morgan fingerprint density at radius 2 is 1.87 bits per heavy atom. The Balaban J connectivity index is 1.56. The maximum Gasteiger partial charge on any atom is 0.223 e. The van der Waals surface area contributed by atoms with Crippen LogP contribution in [0.15, 0.2) is 12.1 Å². The summed E-state index contributed by atoms with van der Waals surface area (Å²) in [7, 11) is 0. The van der Waals surface area contributed by atoms with Gasteiger partial charge in [0.05, 0.1) is 0 Å². The summed E-state index contributed by atoms with van der Waals surface area (Å²) in [5.41, 5.74) is 6.72. The first-order valence-electron chi connectivity index (χ1n) is 9.03. The van der Waals surface area contributed by atoms with Gasteiger partial charge < -0.3 is 10.3 Å². The second-order valence-electron chi connectivity index (χ2n) is 7.49. The molecule has 1 unspecified atom stereocenters. The first-order valence-corrected chi connectivity index (χ1v) is 9.03. The molecule has 0 saturated heterocycles. The molecule has 1 saturated carbocycles. The Bertz CT molecular complexity index is 753. The molecule has 122 valence electrons. The number of aryl methyl sites for hydroxylation is 3. The number of fused-ring (bicyclic) bond motifs is 3. The van der Waals surface area contributed by atoms with Crippen LogP contribution in [0.2, 0.25) is 0 Å². The number of nitrogens with one attached hydrogen (secondary N) is 2. The molecule has 1 atom stereocenters. The van der Waals surface area contributed by atoms with E-state index in [0.29, 0.717) is 11.9 Å². The molecule has 0 radical (unpaired) electrons. The second kappa shape index (κ2) is 5.70. The van der Waals surface area contributed by atoms with E-state index in [0.717, 1.165) is 32.1 Å². The lowest BCUT2D eigenvalue weighted by atomic mass is 9.90. The van der Waals surface area contributed by atoms with Crippen molar-refractivity contribution in [2.24, 2.45) is 5.92 Å². The molecule has 1 heterocycles. The van der Waals surface area contributed by atoms with Crippen LogP contribution in [0.4, 0.5) is 0 Å². The number of hydrogen-bond donors (Lipinski definition) is 2. The van der Waals surface area contributed by atoms with Crippen molar-refractivity contribution in [2.45, 2.75) is 64.8 Å². The minimum Gasteiger partial charge on any atom is -0.358 e. The highest BCUT2D eigenvalue weighted by Crippen LogP contribution is 2.31. The van der Waals surface area contributed by atoms with Gasteiger partial charge in [-0.2, -0.15) is 0 Å². The number of carbonyl (C=O) groups is 1. The summed E-state index contributed by atoms with van der Waals surface area (Å²) in [6.45, 7) is 4.34. The Hall–Kier alpha value is -1.77. The molecule has 0 aliphatic heterocycles. The van der Waals surface area contributed by atoms with Crippen molar-refractivity contribution in [1.82, 2.24) is 10.3 Å². The molecular weight excluding hydrogens is 284 g/mol. The van der Waals surface area contributed by atoms with Crippen LogP contribution >= 0.6 is 0 Å². The molecule has 1 fully saturated rings. The second-order valence-corrected chi connectivity index (χ2v) is 7.49. The van der Waals surface area contributed by atoms with Crippen LogP contribution in [0.25, 0.3) is 10.9 Å². The van der Waals surface area contributed by atoms with Gasteiger partial charge in [-0.15, -0.1) is 0 Å². The molecule has 2 aliphatic rings. The summed E-state index contributed by atoms with van der Waals surface area (Å²) in [5.74, 6) is 0.562. The van der Waals surface area contributed by atoms with E-state index in [1.807, 2.05) is 0 Å². The Morgan fingerprint density at radius 1 is 1.13 bits per heavy atom. The topological polar surface area (TPSA) is 44.9 Å². The van der Waals surface area contributed by atoms with Gasteiger partial charge in [-0.25, -0.2) is 0 Å². The molecule has 4 rings (SSSR count). The molecule has 3 heteroatoms. The Kier molecular flexibility index (Phi) is 3.67. The van der Waals surface area contributed by atoms with Gasteiger partial charge in [-0.3, -0.25) is 4.79 Å². The third-order valence-corrected chi connectivity index (χ3v) is 5.87. The zero-order chi connectivity index (χ0) is 16.0. The monoisotopic (exact) mass is 310 g/mol. The van der Waals surface area contributed by atoms with Gasteiger partial charge in [0.1, 0.15) is 0 Å². The normalized spacial score (nSPS) is 21.6. The molecule has 1 aromatic carbocycles. The predicted octanol–water partition coefficient (Wildman–Crippen LogP) is 3.95. The molecule has 2 aromatic rings. The van der Waals surface area contributed by atoms with E-state index >= 15 is 0 Å². The van der Waals surface area contributed by atoms with E-state index in [4.69, 9.17) is 0 Å².